The zero-order valence-corrected chi connectivity index (χ0v) is 8.76. The standard InChI is InChI=1S/C10H17NO3/c1-3-8(12)10(6-4-5-7-10)11-9(13)14-2/h3-7H2,1-2H3,(H,11,13). The molecular formula is C10H17NO3. The Kier molecular flexibility index (Phi) is 3.49. The maximum atomic E-state index is 11.7. The number of rotatable bonds is 3. The normalized spacial score (nSPS) is 19.0. The summed E-state index contributed by atoms with van der Waals surface area (Å²) in [5, 5.41) is 2.68. The lowest BCUT2D eigenvalue weighted by Gasteiger charge is -2.27. The van der Waals surface area contributed by atoms with Crippen molar-refractivity contribution in [2.24, 2.45) is 0 Å². The minimum Gasteiger partial charge on any atom is -0.453 e. The first kappa shape index (κ1) is 11.0. The summed E-state index contributed by atoms with van der Waals surface area (Å²) in [5.74, 6) is 0.111. The molecule has 1 amide bonds. The molecule has 4 nitrogen and oxygen atoms in total. The van der Waals surface area contributed by atoms with E-state index in [-0.39, 0.29) is 5.78 Å². The third-order valence-electron chi connectivity index (χ3n) is 2.84. The largest absolute Gasteiger partial charge is 0.453 e. The van der Waals surface area contributed by atoms with Crippen molar-refractivity contribution < 1.29 is 14.3 Å². The second kappa shape index (κ2) is 4.44. The van der Waals surface area contributed by atoms with Crippen LogP contribution in [0.2, 0.25) is 0 Å². The molecule has 1 fully saturated rings. The molecule has 0 aromatic rings. The molecule has 1 aliphatic carbocycles. The molecule has 80 valence electrons. The Morgan fingerprint density at radius 2 is 1.93 bits per heavy atom. The summed E-state index contributed by atoms with van der Waals surface area (Å²) in [7, 11) is 1.31. The SMILES string of the molecule is CCC(=O)C1(NC(=O)OC)CCCC1. The van der Waals surface area contributed by atoms with Gasteiger partial charge in [-0.25, -0.2) is 4.79 Å². The van der Waals surface area contributed by atoms with Crippen LogP contribution in [0.4, 0.5) is 4.79 Å². The van der Waals surface area contributed by atoms with Gasteiger partial charge in [0.1, 0.15) is 5.54 Å². The molecule has 0 bridgehead atoms. The minimum atomic E-state index is -0.637. The van der Waals surface area contributed by atoms with E-state index in [4.69, 9.17) is 0 Å². The van der Waals surface area contributed by atoms with E-state index in [2.05, 4.69) is 10.1 Å². The highest BCUT2D eigenvalue weighted by atomic mass is 16.5. The van der Waals surface area contributed by atoms with Gasteiger partial charge in [0, 0.05) is 6.42 Å². The number of amides is 1. The molecule has 0 atom stereocenters. The van der Waals surface area contributed by atoms with Gasteiger partial charge in [-0.2, -0.15) is 0 Å². The number of hydrogen-bond donors (Lipinski definition) is 1. The average molecular weight is 199 g/mol. The molecular weight excluding hydrogens is 182 g/mol. The zero-order chi connectivity index (χ0) is 10.6. The van der Waals surface area contributed by atoms with Gasteiger partial charge < -0.3 is 10.1 Å². The summed E-state index contributed by atoms with van der Waals surface area (Å²) in [4.78, 5) is 22.8. The minimum absolute atomic E-state index is 0.111. The molecule has 1 N–H and O–H groups in total. The Labute approximate surface area is 84.0 Å². The summed E-state index contributed by atoms with van der Waals surface area (Å²) in [6.45, 7) is 1.82. The number of hydrogen-bond acceptors (Lipinski definition) is 3. The second-order valence-corrected chi connectivity index (χ2v) is 3.68. The third kappa shape index (κ3) is 2.05. The van der Waals surface area contributed by atoms with Crippen molar-refractivity contribution in [3.8, 4) is 0 Å². The Morgan fingerprint density at radius 3 is 2.36 bits per heavy atom. The Balaban J connectivity index is 2.71. The van der Waals surface area contributed by atoms with Gasteiger partial charge in [-0.05, 0) is 12.8 Å². The predicted molar refractivity (Wildman–Crippen MR) is 52.0 cm³/mol. The summed E-state index contributed by atoms with van der Waals surface area (Å²) in [6, 6.07) is 0. The molecule has 0 aromatic heterocycles. The molecule has 1 saturated carbocycles. The third-order valence-corrected chi connectivity index (χ3v) is 2.84. The van der Waals surface area contributed by atoms with Gasteiger partial charge in [-0.15, -0.1) is 0 Å². The molecule has 0 radical (unpaired) electrons. The van der Waals surface area contributed by atoms with E-state index in [1.54, 1.807) is 0 Å². The molecule has 0 aliphatic heterocycles. The van der Waals surface area contributed by atoms with Crippen molar-refractivity contribution >= 4 is 11.9 Å². The van der Waals surface area contributed by atoms with E-state index in [1.165, 1.54) is 7.11 Å². The van der Waals surface area contributed by atoms with Gasteiger partial charge in [0.15, 0.2) is 5.78 Å². The van der Waals surface area contributed by atoms with E-state index in [0.29, 0.717) is 6.42 Å². The van der Waals surface area contributed by atoms with Crippen LogP contribution in [0.3, 0.4) is 0 Å². The lowest BCUT2D eigenvalue weighted by atomic mass is 9.90. The number of Topliss-reactive ketones (excluding diaryl/α,β-unsaturated/α-hetero) is 1. The average Bonchev–Trinajstić information content (AvgIpc) is 2.66. The van der Waals surface area contributed by atoms with Crippen molar-refractivity contribution in [2.75, 3.05) is 7.11 Å². The van der Waals surface area contributed by atoms with Crippen LogP contribution in [0.5, 0.6) is 0 Å². The lowest BCUT2D eigenvalue weighted by molar-refractivity contribution is -0.124. The van der Waals surface area contributed by atoms with E-state index in [1.807, 2.05) is 6.92 Å². The number of alkyl carbamates (subject to hydrolysis) is 1. The van der Waals surface area contributed by atoms with E-state index >= 15 is 0 Å². The molecule has 1 aliphatic rings. The number of nitrogens with one attached hydrogen (secondary N) is 1. The quantitative estimate of drug-likeness (QED) is 0.751. The van der Waals surface area contributed by atoms with Crippen LogP contribution < -0.4 is 5.32 Å². The van der Waals surface area contributed by atoms with Gasteiger partial charge in [0.05, 0.1) is 7.11 Å². The van der Waals surface area contributed by atoms with Crippen molar-refractivity contribution in [3.05, 3.63) is 0 Å². The number of carbonyl (C=O) groups excluding carboxylic acids is 2. The summed E-state index contributed by atoms with van der Waals surface area (Å²) in [5.41, 5.74) is -0.637. The van der Waals surface area contributed by atoms with E-state index in [0.717, 1.165) is 25.7 Å². The van der Waals surface area contributed by atoms with Crippen molar-refractivity contribution in [1.29, 1.82) is 0 Å². The Bertz CT molecular complexity index is 232. The fourth-order valence-corrected chi connectivity index (χ4v) is 2.04. The molecule has 0 saturated heterocycles. The first-order valence-electron chi connectivity index (χ1n) is 5.04. The molecule has 14 heavy (non-hydrogen) atoms. The molecule has 0 heterocycles. The lowest BCUT2D eigenvalue weighted by Crippen LogP contribution is -2.52. The number of carbonyl (C=O) groups is 2. The maximum Gasteiger partial charge on any atom is 0.407 e. The second-order valence-electron chi connectivity index (χ2n) is 3.68. The van der Waals surface area contributed by atoms with Crippen molar-refractivity contribution in [1.82, 2.24) is 5.32 Å². The molecule has 1 rings (SSSR count). The van der Waals surface area contributed by atoms with Crippen LogP contribution in [0.15, 0.2) is 0 Å². The van der Waals surface area contributed by atoms with Gasteiger partial charge in [-0.3, -0.25) is 4.79 Å². The first-order chi connectivity index (χ1) is 6.64. The van der Waals surface area contributed by atoms with Crippen LogP contribution in [-0.2, 0) is 9.53 Å². The highest BCUT2D eigenvalue weighted by molar-refractivity contribution is 5.91. The smallest absolute Gasteiger partial charge is 0.407 e. The summed E-state index contributed by atoms with van der Waals surface area (Å²) in [6.07, 6.45) is 3.44. The van der Waals surface area contributed by atoms with Crippen LogP contribution in [0.25, 0.3) is 0 Å². The monoisotopic (exact) mass is 199 g/mol. The Morgan fingerprint density at radius 1 is 1.36 bits per heavy atom. The van der Waals surface area contributed by atoms with Crippen molar-refractivity contribution in [3.63, 3.8) is 0 Å². The van der Waals surface area contributed by atoms with E-state index < -0.39 is 11.6 Å². The van der Waals surface area contributed by atoms with Gasteiger partial charge in [-0.1, -0.05) is 19.8 Å². The fraction of sp³-hybridized carbons (Fsp3) is 0.800. The first-order valence-corrected chi connectivity index (χ1v) is 5.04. The van der Waals surface area contributed by atoms with Crippen LogP contribution in [-0.4, -0.2) is 24.5 Å². The summed E-state index contributed by atoms with van der Waals surface area (Å²) < 4.78 is 4.53. The zero-order valence-electron chi connectivity index (χ0n) is 8.76. The Hall–Kier alpha value is -1.06. The van der Waals surface area contributed by atoms with Crippen LogP contribution in [0.1, 0.15) is 39.0 Å². The molecule has 0 aromatic carbocycles. The summed E-state index contributed by atoms with van der Waals surface area (Å²) >= 11 is 0. The number of methoxy groups -OCH3 is 1. The molecule has 0 spiro atoms. The highest BCUT2D eigenvalue weighted by Gasteiger charge is 2.41. The number of ketones is 1. The van der Waals surface area contributed by atoms with Crippen LogP contribution in [0, 0.1) is 0 Å². The van der Waals surface area contributed by atoms with Crippen molar-refractivity contribution in [2.45, 2.75) is 44.6 Å². The molecule has 4 heteroatoms. The predicted octanol–water partition coefficient (Wildman–Crippen LogP) is 1.63. The van der Waals surface area contributed by atoms with Gasteiger partial charge in [0.25, 0.3) is 0 Å². The van der Waals surface area contributed by atoms with Crippen LogP contribution >= 0.6 is 0 Å². The maximum absolute atomic E-state index is 11.7. The highest BCUT2D eigenvalue weighted by Crippen LogP contribution is 2.31. The number of ether oxygens (including phenoxy) is 1. The van der Waals surface area contributed by atoms with Gasteiger partial charge >= 0.3 is 6.09 Å². The topological polar surface area (TPSA) is 55.4 Å². The van der Waals surface area contributed by atoms with E-state index in [9.17, 15) is 9.59 Å². The molecule has 0 unspecified atom stereocenters. The van der Waals surface area contributed by atoms with Gasteiger partial charge in [0.2, 0.25) is 0 Å². The fourth-order valence-electron chi connectivity index (χ4n) is 2.04.